The van der Waals surface area contributed by atoms with Crippen LogP contribution in [0.2, 0.25) is 0 Å². The fraction of sp³-hybridized carbons (Fsp3) is 0.500. The summed E-state index contributed by atoms with van der Waals surface area (Å²) in [5.41, 5.74) is 2.24. The highest BCUT2D eigenvalue weighted by Gasteiger charge is 2.42. The number of benzene rings is 2. The quantitative estimate of drug-likeness (QED) is 0.619. The Morgan fingerprint density at radius 1 is 0.846 bits per heavy atom. The average molecular weight is 357 g/mol. The van der Waals surface area contributed by atoms with Crippen LogP contribution in [0.25, 0.3) is 0 Å². The first-order chi connectivity index (χ1) is 12.7. The zero-order valence-electron chi connectivity index (χ0n) is 17.1. The Morgan fingerprint density at radius 3 is 1.77 bits per heavy atom. The molecule has 1 aliphatic rings. The van der Waals surface area contributed by atoms with Gasteiger partial charge >= 0.3 is 0 Å². The maximum atomic E-state index is 9.97. The van der Waals surface area contributed by atoms with Gasteiger partial charge in [0.15, 0.2) is 0 Å². The molecule has 0 amide bonds. The molecule has 0 heterocycles. The van der Waals surface area contributed by atoms with Crippen molar-refractivity contribution >= 4 is 0 Å². The van der Waals surface area contributed by atoms with E-state index in [4.69, 9.17) is 0 Å². The summed E-state index contributed by atoms with van der Waals surface area (Å²) in [7, 11) is 0. The van der Waals surface area contributed by atoms with Gasteiger partial charge in [-0.25, -0.2) is 0 Å². The summed E-state index contributed by atoms with van der Waals surface area (Å²) >= 11 is 0. The molecule has 2 N–H and O–H groups in total. The van der Waals surface area contributed by atoms with Crippen molar-refractivity contribution in [2.24, 2.45) is 5.92 Å². The minimum Gasteiger partial charge on any atom is -0.508 e. The molecular formula is C24H36O2. The molecule has 0 radical (unpaired) electrons. The van der Waals surface area contributed by atoms with E-state index in [1.54, 1.807) is 12.1 Å². The van der Waals surface area contributed by atoms with E-state index in [1.165, 1.54) is 30.4 Å². The molecule has 1 aliphatic carbocycles. The minimum atomic E-state index is -0.107. The third-order valence-electron chi connectivity index (χ3n) is 5.29. The Balaban J connectivity index is 0.000000791. The minimum absolute atomic E-state index is 0.107. The molecule has 26 heavy (non-hydrogen) atoms. The third-order valence-corrected chi connectivity index (χ3v) is 5.29. The van der Waals surface area contributed by atoms with Crippen molar-refractivity contribution in [3.05, 3.63) is 59.7 Å². The van der Waals surface area contributed by atoms with Gasteiger partial charge in [-0.3, -0.25) is 0 Å². The van der Waals surface area contributed by atoms with Gasteiger partial charge in [0, 0.05) is 5.41 Å². The number of rotatable bonds is 3. The fourth-order valence-corrected chi connectivity index (χ4v) is 4.29. The summed E-state index contributed by atoms with van der Waals surface area (Å²) in [5.74, 6) is 1.17. The lowest BCUT2D eigenvalue weighted by Crippen LogP contribution is -2.39. The highest BCUT2D eigenvalue weighted by molar-refractivity contribution is 5.45. The van der Waals surface area contributed by atoms with Crippen molar-refractivity contribution < 1.29 is 10.2 Å². The second-order valence-corrected chi connectivity index (χ2v) is 6.42. The first kappa shape index (κ1) is 22.1. The van der Waals surface area contributed by atoms with E-state index in [0.29, 0.717) is 17.4 Å². The molecule has 1 unspecified atom stereocenters. The molecule has 1 saturated carbocycles. The summed E-state index contributed by atoms with van der Waals surface area (Å²) < 4.78 is 0. The number of aromatic hydroxyl groups is 2. The van der Waals surface area contributed by atoms with Gasteiger partial charge < -0.3 is 10.2 Å². The molecule has 0 spiro atoms. The fourth-order valence-electron chi connectivity index (χ4n) is 4.29. The van der Waals surface area contributed by atoms with Crippen molar-refractivity contribution in [3.8, 4) is 11.5 Å². The Labute approximate surface area is 159 Å². The van der Waals surface area contributed by atoms with Crippen LogP contribution in [-0.2, 0) is 5.41 Å². The van der Waals surface area contributed by atoms with Gasteiger partial charge in [0.2, 0.25) is 0 Å². The van der Waals surface area contributed by atoms with Gasteiger partial charge in [-0.05, 0) is 54.2 Å². The van der Waals surface area contributed by atoms with Gasteiger partial charge in [0.25, 0.3) is 0 Å². The monoisotopic (exact) mass is 356 g/mol. The lowest BCUT2D eigenvalue weighted by atomic mass is 9.58. The number of hydrogen-bond donors (Lipinski definition) is 2. The summed E-state index contributed by atoms with van der Waals surface area (Å²) in [6.07, 6.45) is 5.81. The van der Waals surface area contributed by atoms with E-state index in [-0.39, 0.29) is 5.41 Å². The van der Waals surface area contributed by atoms with Gasteiger partial charge in [-0.15, -0.1) is 0 Å². The van der Waals surface area contributed by atoms with Crippen molar-refractivity contribution in [2.45, 2.75) is 72.1 Å². The van der Waals surface area contributed by atoms with Crippen LogP contribution in [-0.4, -0.2) is 10.2 Å². The van der Waals surface area contributed by atoms with Crippen LogP contribution in [0.3, 0.4) is 0 Å². The van der Waals surface area contributed by atoms with E-state index >= 15 is 0 Å². The molecule has 0 saturated heterocycles. The van der Waals surface area contributed by atoms with Gasteiger partial charge in [-0.2, -0.15) is 0 Å². The normalized spacial score (nSPS) is 18.0. The molecule has 0 aliphatic heterocycles. The Bertz CT molecular complexity index is 603. The van der Waals surface area contributed by atoms with Crippen LogP contribution in [0, 0.1) is 5.92 Å². The molecule has 3 rings (SSSR count). The molecular weight excluding hydrogens is 320 g/mol. The molecule has 2 heteroatoms. The van der Waals surface area contributed by atoms with Crippen LogP contribution in [0.15, 0.2) is 48.5 Å². The molecule has 0 aromatic heterocycles. The summed E-state index contributed by atoms with van der Waals surface area (Å²) in [6.45, 7) is 10.2. The SMILES string of the molecule is CC.CC.CCC1CCCCC1(c1cccc(O)c1)c1cccc(O)c1. The Hall–Kier alpha value is -1.96. The second kappa shape index (κ2) is 10.9. The maximum Gasteiger partial charge on any atom is 0.115 e. The molecule has 2 aromatic rings. The van der Waals surface area contributed by atoms with Crippen LogP contribution >= 0.6 is 0 Å². The zero-order chi connectivity index (χ0) is 19.6. The van der Waals surface area contributed by atoms with Crippen LogP contribution < -0.4 is 0 Å². The van der Waals surface area contributed by atoms with E-state index in [0.717, 1.165) is 12.8 Å². The number of phenolic OH excluding ortho intramolecular Hbond substituents is 2. The zero-order valence-corrected chi connectivity index (χ0v) is 17.1. The summed E-state index contributed by atoms with van der Waals surface area (Å²) in [4.78, 5) is 0. The lowest BCUT2D eigenvalue weighted by molar-refractivity contribution is 0.218. The summed E-state index contributed by atoms with van der Waals surface area (Å²) in [5, 5.41) is 19.9. The van der Waals surface area contributed by atoms with Gasteiger partial charge in [0.05, 0.1) is 0 Å². The highest BCUT2D eigenvalue weighted by Crippen LogP contribution is 2.50. The van der Waals surface area contributed by atoms with Crippen molar-refractivity contribution in [2.75, 3.05) is 0 Å². The van der Waals surface area contributed by atoms with E-state index < -0.39 is 0 Å². The predicted octanol–water partition coefficient (Wildman–Crippen LogP) is 7.04. The van der Waals surface area contributed by atoms with Crippen LogP contribution in [0.5, 0.6) is 11.5 Å². The topological polar surface area (TPSA) is 40.5 Å². The van der Waals surface area contributed by atoms with Crippen LogP contribution in [0.4, 0.5) is 0 Å². The van der Waals surface area contributed by atoms with Crippen molar-refractivity contribution in [3.63, 3.8) is 0 Å². The molecule has 144 valence electrons. The molecule has 0 bridgehead atoms. The largest absolute Gasteiger partial charge is 0.508 e. The number of hydrogen-bond acceptors (Lipinski definition) is 2. The molecule has 2 aromatic carbocycles. The Kier molecular flexibility index (Phi) is 9.26. The van der Waals surface area contributed by atoms with E-state index in [1.807, 2.05) is 52.0 Å². The average Bonchev–Trinajstić information content (AvgIpc) is 2.71. The second-order valence-electron chi connectivity index (χ2n) is 6.42. The Morgan fingerprint density at radius 2 is 1.35 bits per heavy atom. The maximum absolute atomic E-state index is 9.97. The third kappa shape index (κ3) is 4.60. The standard InChI is InChI=1S/C20H24O2.2C2H6/c1-2-15-7-3-4-12-20(15,16-8-5-10-18(21)13-16)17-9-6-11-19(22)14-17;2*1-2/h5-6,8-11,13-15,21-22H,2-4,7,12H2,1H3;2*1-2H3. The molecule has 1 atom stereocenters. The first-order valence-electron chi connectivity index (χ1n) is 10.3. The van der Waals surface area contributed by atoms with Gasteiger partial charge in [-0.1, -0.05) is 78.1 Å². The molecule has 2 nitrogen and oxygen atoms in total. The van der Waals surface area contributed by atoms with Crippen molar-refractivity contribution in [1.82, 2.24) is 0 Å². The number of phenols is 2. The smallest absolute Gasteiger partial charge is 0.115 e. The van der Waals surface area contributed by atoms with Crippen molar-refractivity contribution in [1.29, 1.82) is 0 Å². The predicted molar refractivity (Wildman–Crippen MR) is 112 cm³/mol. The van der Waals surface area contributed by atoms with E-state index in [2.05, 4.69) is 19.1 Å². The van der Waals surface area contributed by atoms with Gasteiger partial charge in [0.1, 0.15) is 11.5 Å². The summed E-state index contributed by atoms with van der Waals surface area (Å²) in [6, 6.07) is 15.4. The van der Waals surface area contributed by atoms with E-state index in [9.17, 15) is 10.2 Å². The highest BCUT2D eigenvalue weighted by atomic mass is 16.3. The lowest BCUT2D eigenvalue weighted by Gasteiger charge is -2.45. The molecule has 1 fully saturated rings. The van der Waals surface area contributed by atoms with Crippen LogP contribution in [0.1, 0.15) is 77.8 Å². The first-order valence-corrected chi connectivity index (χ1v) is 10.3.